The molecule has 1 aromatic heterocycles. The Morgan fingerprint density at radius 2 is 2.04 bits per heavy atom. The van der Waals surface area contributed by atoms with Gasteiger partial charge in [-0.15, -0.1) is 0 Å². The maximum atomic E-state index is 5.82. The Morgan fingerprint density at radius 3 is 2.73 bits per heavy atom. The zero-order chi connectivity index (χ0) is 18.8. The van der Waals surface area contributed by atoms with Crippen molar-refractivity contribution in [2.75, 3.05) is 26.7 Å². The van der Waals surface area contributed by atoms with Crippen molar-refractivity contribution in [3.8, 4) is 5.75 Å². The van der Waals surface area contributed by atoms with E-state index in [2.05, 4.69) is 35.5 Å². The second-order valence-electron chi connectivity index (χ2n) is 6.03. The number of nitrogens with zero attached hydrogens (tertiary/aromatic N) is 2. The van der Waals surface area contributed by atoms with Crippen molar-refractivity contribution in [3.05, 3.63) is 58.9 Å². The summed E-state index contributed by atoms with van der Waals surface area (Å²) < 4.78 is 5.45. The van der Waals surface area contributed by atoms with Gasteiger partial charge in [0.25, 0.3) is 0 Å². The monoisotopic (exact) mass is 374 g/mol. The number of aliphatic imine (C=N–C) groups is 1. The molecule has 0 amide bonds. The van der Waals surface area contributed by atoms with E-state index in [4.69, 9.17) is 21.3 Å². The minimum absolute atomic E-state index is 0.266. The summed E-state index contributed by atoms with van der Waals surface area (Å²) >= 11 is 5.82. The van der Waals surface area contributed by atoms with Crippen molar-refractivity contribution < 1.29 is 4.74 Å². The van der Waals surface area contributed by atoms with Gasteiger partial charge in [0.1, 0.15) is 10.9 Å². The summed E-state index contributed by atoms with van der Waals surface area (Å²) in [5.74, 6) is 1.99. The molecule has 2 rings (SSSR count). The molecule has 2 aromatic rings. The number of para-hydroxylation sites is 1. The van der Waals surface area contributed by atoms with E-state index in [1.807, 2.05) is 30.3 Å². The predicted octanol–water partition coefficient (Wildman–Crippen LogP) is 3.64. The van der Waals surface area contributed by atoms with Crippen molar-refractivity contribution in [1.82, 2.24) is 15.6 Å². The zero-order valence-corrected chi connectivity index (χ0v) is 16.4. The first kappa shape index (κ1) is 20.0. The summed E-state index contributed by atoms with van der Waals surface area (Å²) in [4.78, 5) is 8.82. The third-order valence-electron chi connectivity index (χ3n) is 4.03. The summed E-state index contributed by atoms with van der Waals surface area (Å²) in [6, 6.07) is 11.9. The Bertz CT molecular complexity index is 703. The standard InChI is InChI=1S/C20H27ClN4O/c1-4-22-20(23-12-11-16-9-10-19(21)24-14-16)25-13-15(2)17-7-5-6-8-18(17)26-3/h5-10,14-15H,4,11-13H2,1-3H3,(H2,22,23,25). The normalized spacial score (nSPS) is 12.5. The fraction of sp³-hybridized carbons (Fsp3) is 0.400. The van der Waals surface area contributed by atoms with Crippen LogP contribution in [0.15, 0.2) is 47.6 Å². The van der Waals surface area contributed by atoms with Gasteiger partial charge in [0.05, 0.1) is 7.11 Å². The number of ether oxygens (including phenoxy) is 1. The van der Waals surface area contributed by atoms with Crippen LogP contribution < -0.4 is 15.4 Å². The van der Waals surface area contributed by atoms with Gasteiger partial charge < -0.3 is 15.4 Å². The average molecular weight is 375 g/mol. The molecule has 0 spiro atoms. The number of aromatic nitrogens is 1. The summed E-state index contributed by atoms with van der Waals surface area (Å²) in [6.07, 6.45) is 2.66. The molecule has 26 heavy (non-hydrogen) atoms. The number of rotatable bonds is 8. The van der Waals surface area contributed by atoms with Gasteiger partial charge in [-0.3, -0.25) is 4.99 Å². The zero-order valence-electron chi connectivity index (χ0n) is 15.6. The summed E-state index contributed by atoms with van der Waals surface area (Å²) in [5, 5.41) is 7.17. The minimum Gasteiger partial charge on any atom is -0.496 e. The highest BCUT2D eigenvalue weighted by Gasteiger charge is 2.10. The first-order valence-electron chi connectivity index (χ1n) is 8.89. The summed E-state index contributed by atoms with van der Waals surface area (Å²) in [5.41, 5.74) is 2.31. The molecule has 0 aliphatic heterocycles. The fourth-order valence-electron chi connectivity index (χ4n) is 2.62. The molecule has 1 heterocycles. The Kier molecular flexibility index (Phi) is 8.22. The summed E-state index contributed by atoms with van der Waals surface area (Å²) in [7, 11) is 1.70. The molecule has 1 unspecified atom stereocenters. The van der Waals surface area contributed by atoms with Gasteiger partial charge in [0.2, 0.25) is 0 Å². The quantitative estimate of drug-likeness (QED) is 0.420. The second-order valence-corrected chi connectivity index (χ2v) is 6.42. The van der Waals surface area contributed by atoms with E-state index in [1.54, 1.807) is 13.3 Å². The van der Waals surface area contributed by atoms with Crippen LogP contribution >= 0.6 is 11.6 Å². The van der Waals surface area contributed by atoms with Gasteiger partial charge in [0.15, 0.2) is 5.96 Å². The lowest BCUT2D eigenvalue weighted by molar-refractivity contribution is 0.407. The maximum Gasteiger partial charge on any atom is 0.191 e. The van der Waals surface area contributed by atoms with Crippen LogP contribution in [0.5, 0.6) is 5.75 Å². The lowest BCUT2D eigenvalue weighted by Crippen LogP contribution is -2.38. The molecular formula is C20H27ClN4O. The van der Waals surface area contributed by atoms with Gasteiger partial charge >= 0.3 is 0 Å². The van der Waals surface area contributed by atoms with Crippen LogP contribution in [0, 0.1) is 0 Å². The third kappa shape index (κ3) is 6.23. The molecule has 0 bridgehead atoms. The highest BCUT2D eigenvalue weighted by molar-refractivity contribution is 6.29. The van der Waals surface area contributed by atoms with Crippen molar-refractivity contribution in [2.45, 2.75) is 26.2 Å². The molecule has 5 nitrogen and oxygen atoms in total. The van der Waals surface area contributed by atoms with Gasteiger partial charge in [-0.2, -0.15) is 0 Å². The molecule has 1 atom stereocenters. The Labute approximate surface area is 160 Å². The molecule has 0 saturated heterocycles. The van der Waals surface area contributed by atoms with Crippen LogP contribution in [0.4, 0.5) is 0 Å². The van der Waals surface area contributed by atoms with Crippen LogP contribution in [0.1, 0.15) is 30.9 Å². The van der Waals surface area contributed by atoms with Gasteiger partial charge in [-0.05, 0) is 36.6 Å². The minimum atomic E-state index is 0.266. The molecule has 6 heteroatoms. The van der Waals surface area contributed by atoms with Crippen molar-refractivity contribution in [2.24, 2.45) is 4.99 Å². The van der Waals surface area contributed by atoms with Crippen LogP contribution in [0.3, 0.4) is 0 Å². The van der Waals surface area contributed by atoms with E-state index >= 15 is 0 Å². The van der Waals surface area contributed by atoms with Crippen LogP contribution in [-0.2, 0) is 6.42 Å². The molecule has 0 radical (unpaired) electrons. The first-order valence-corrected chi connectivity index (χ1v) is 9.27. The highest BCUT2D eigenvalue weighted by Crippen LogP contribution is 2.26. The van der Waals surface area contributed by atoms with E-state index < -0.39 is 0 Å². The van der Waals surface area contributed by atoms with Gasteiger partial charge in [-0.25, -0.2) is 4.98 Å². The number of halogens is 1. The van der Waals surface area contributed by atoms with E-state index in [-0.39, 0.29) is 5.92 Å². The number of nitrogens with one attached hydrogen (secondary N) is 2. The molecule has 0 aliphatic carbocycles. The first-order chi connectivity index (χ1) is 12.6. The molecule has 0 aliphatic rings. The molecular weight excluding hydrogens is 348 g/mol. The average Bonchev–Trinajstić information content (AvgIpc) is 2.67. The molecule has 0 saturated carbocycles. The Hall–Kier alpha value is -2.27. The fourth-order valence-corrected chi connectivity index (χ4v) is 2.73. The smallest absolute Gasteiger partial charge is 0.191 e. The van der Waals surface area contributed by atoms with Crippen LogP contribution in [-0.4, -0.2) is 37.7 Å². The molecule has 1 aromatic carbocycles. The highest BCUT2D eigenvalue weighted by atomic mass is 35.5. The lowest BCUT2D eigenvalue weighted by atomic mass is 10.0. The predicted molar refractivity (Wildman–Crippen MR) is 108 cm³/mol. The SMILES string of the molecule is CCNC(=NCC(C)c1ccccc1OC)NCCc1ccc(Cl)nc1. The topological polar surface area (TPSA) is 58.5 Å². The summed E-state index contributed by atoms with van der Waals surface area (Å²) in [6.45, 7) is 6.49. The van der Waals surface area contributed by atoms with Gasteiger partial charge in [0, 0.05) is 31.7 Å². The van der Waals surface area contributed by atoms with Crippen molar-refractivity contribution in [3.63, 3.8) is 0 Å². The van der Waals surface area contributed by atoms with Crippen LogP contribution in [0.25, 0.3) is 0 Å². The number of hydrogen-bond donors (Lipinski definition) is 2. The number of pyridine rings is 1. The Morgan fingerprint density at radius 1 is 1.23 bits per heavy atom. The maximum absolute atomic E-state index is 5.82. The number of benzene rings is 1. The van der Waals surface area contributed by atoms with E-state index in [1.165, 1.54) is 5.56 Å². The molecule has 2 N–H and O–H groups in total. The third-order valence-corrected chi connectivity index (χ3v) is 4.26. The van der Waals surface area contributed by atoms with E-state index in [9.17, 15) is 0 Å². The van der Waals surface area contributed by atoms with Crippen molar-refractivity contribution >= 4 is 17.6 Å². The Balaban J connectivity index is 1.91. The second kappa shape index (κ2) is 10.7. The molecule has 140 valence electrons. The lowest BCUT2D eigenvalue weighted by Gasteiger charge is -2.16. The number of methoxy groups -OCH3 is 1. The van der Waals surface area contributed by atoms with Gasteiger partial charge in [-0.1, -0.05) is 42.8 Å². The number of hydrogen-bond acceptors (Lipinski definition) is 3. The van der Waals surface area contributed by atoms with Crippen LogP contribution in [0.2, 0.25) is 5.15 Å². The largest absolute Gasteiger partial charge is 0.496 e. The molecule has 0 fully saturated rings. The number of guanidine groups is 1. The van der Waals surface area contributed by atoms with E-state index in [0.29, 0.717) is 11.7 Å². The van der Waals surface area contributed by atoms with E-state index in [0.717, 1.165) is 36.8 Å². The van der Waals surface area contributed by atoms with Crippen molar-refractivity contribution in [1.29, 1.82) is 0 Å².